The number of nitrogen functional groups attached to an aromatic ring is 1. The van der Waals surface area contributed by atoms with Crippen molar-refractivity contribution in [2.45, 2.75) is 17.6 Å². The van der Waals surface area contributed by atoms with Crippen molar-refractivity contribution in [2.24, 2.45) is 0 Å². The maximum atomic E-state index is 5.85. The summed E-state index contributed by atoms with van der Waals surface area (Å²) in [6.07, 6.45) is 5.18. The zero-order valence-corrected chi connectivity index (χ0v) is 9.87. The highest BCUT2D eigenvalue weighted by Gasteiger charge is 2.02. The average molecular weight is 231 g/mol. The Balaban J connectivity index is 2.08. The summed E-state index contributed by atoms with van der Waals surface area (Å²) in [5.41, 5.74) is 8.80. The van der Waals surface area contributed by atoms with Gasteiger partial charge < -0.3 is 5.73 Å². The Labute approximate surface area is 99.1 Å². The molecular formula is C12H13N3S. The van der Waals surface area contributed by atoms with Crippen LogP contribution in [0.4, 0.5) is 5.69 Å². The number of thioether (sulfide) groups is 1. The quantitative estimate of drug-likeness (QED) is 0.651. The highest BCUT2D eigenvalue weighted by atomic mass is 32.2. The Morgan fingerprint density at radius 1 is 1.31 bits per heavy atom. The van der Waals surface area contributed by atoms with E-state index >= 15 is 0 Å². The van der Waals surface area contributed by atoms with E-state index in [4.69, 9.17) is 5.73 Å². The van der Waals surface area contributed by atoms with E-state index in [0.717, 1.165) is 22.7 Å². The van der Waals surface area contributed by atoms with Gasteiger partial charge in [-0.3, -0.25) is 9.97 Å². The Bertz CT molecular complexity index is 471. The lowest BCUT2D eigenvalue weighted by Gasteiger charge is -2.07. The zero-order chi connectivity index (χ0) is 11.4. The van der Waals surface area contributed by atoms with Gasteiger partial charge in [0, 0.05) is 34.9 Å². The zero-order valence-electron chi connectivity index (χ0n) is 9.05. The molecule has 0 aliphatic carbocycles. The van der Waals surface area contributed by atoms with Crippen LogP contribution in [0.3, 0.4) is 0 Å². The molecule has 0 unspecified atom stereocenters. The standard InChI is InChI=1S/C12H13N3S/c1-9-11(13)3-2-4-12(9)16-8-10-7-14-5-6-15-10/h2-7H,8,13H2,1H3. The van der Waals surface area contributed by atoms with E-state index in [1.165, 1.54) is 4.90 Å². The smallest absolute Gasteiger partial charge is 0.0689 e. The van der Waals surface area contributed by atoms with Crippen molar-refractivity contribution in [3.63, 3.8) is 0 Å². The molecule has 0 amide bonds. The summed E-state index contributed by atoms with van der Waals surface area (Å²) < 4.78 is 0. The van der Waals surface area contributed by atoms with Gasteiger partial charge in [-0.2, -0.15) is 0 Å². The van der Waals surface area contributed by atoms with Gasteiger partial charge in [0.2, 0.25) is 0 Å². The molecule has 1 aromatic heterocycles. The molecule has 3 nitrogen and oxygen atoms in total. The lowest BCUT2D eigenvalue weighted by Crippen LogP contribution is -1.92. The van der Waals surface area contributed by atoms with Gasteiger partial charge in [0.15, 0.2) is 0 Å². The number of benzene rings is 1. The Morgan fingerprint density at radius 3 is 2.94 bits per heavy atom. The molecular weight excluding hydrogens is 218 g/mol. The second-order valence-corrected chi connectivity index (χ2v) is 4.47. The average Bonchev–Trinajstić information content (AvgIpc) is 2.32. The molecule has 0 atom stereocenters. The first-order valence-corrected chi connectivity index (χ1v) is 5.98. The van der Waals surface area contributed by atoms with Crippen molar-refractivity contribution < 1.29 is 0 Å². The van der Waals surface area contributed by atoms with E-state index in [1.807, 2.05) is 19.1 Å². The van der Waals surface area contributed by atoms with Crippen LogP contribution in [0, 0.1) is 6.92 Å². The molecule has 0 radical (unpaired) electrons. The molecule has 0 saturated carbocycles. The normalized spacial score (nSPS) is 10.3. The number of anilines is 1. The number of rotatable bonds is 3. The number of aromatic nitrogens is 2. The third kappa shape index (κ3) is 2.52. The topological polar surface area (TPSA) is 51.8 Å². The molecule has 16 heavy (non-hydrogen) atoms. The Hall–Kier alpha value is -1.55. The van der Waals surface area contributed by atoms with Gasteiger partial charge in [-0.05, 0) is 24.6 Å². The lowest BCUT2D eigenvalue weighted by atomic mass is 10.2. The summed E-state index contributed by atoms with van der Waals surface area (Å²) in [7, 11) is 0. The molecule has 0 bridgehead atoms. The van der Waals surface area contributed by atoms with Gasteiger partial charge in [-0.25, -0.2) is 0 Å². The summed E-state index contributed by atoms with van der Waals surface area (Å²) in [4.78, 5) is 9.47. The van der Waals surface area contributed by atoms with Crippen LogP contribution in [-0.2, 0) is 5.75 Å². The summed E-state index contributed by atoms with van der Waals surface area (Å²) in [5.74, 6) is 0.818. The number of hydrogen-bond donors (Lipinski definition) is 1. The molecule has 82 valence electrons. The van der Waals surface area contributed by atoms with Crippen molar-refractivity contribution in [1.29, 1.82) is 0 Å². The van der Waals surface area contributed by atoms with Crippen molar-refractivity contribution in [3.05, 3.63) is 48.0 Å². The van der Waals surface area contributed by atoms with Gasteiger partial charge in [-0.1, -0.05) is 6.07 Å². The van der Waals surface area contributed by atoms with Crippen molar-refractivity contribution in [1.82, 2.24) is 9.97 Å². The van der Waals surface area contributed by atoms with Crippen molar-refractivity contribution in [3.8, 4) is 0 Å². The summed E-state index contributed by atoms with van der Waals surface area (Å²) >= 11 is 1.73. The molecule has 0 saturated heterocycles. The van der Waals surface area contributed by atoms with E-state index in [0.29, 0.717) is 0 Å². The molecule has 1 aromatic carbocycles. The third-order valence-corrected chi connectivity index (χ3v) is 3.51. The highest BCUT2D eigenvalue weighted by Crippen LogP contribution is 2.28. The predicted octanol–water partition coefficient (Wildman–Crippen LogP) is 2.66. The molecule has 1 heterocycles. The number of nitrogens with two attached hydrogens (primary N) is 1. The second-order valence-electron chi connectivity index (χ2n) is 3.46. The minimum absolute atomic E-state index is 0.818. The molecule has 0 spiro atoms. The van der Waals surface area contributed by atoms with E-state index in [1.54, 1.807) is 30.4 Å². The SMILES string of the molecule is Cc1c(N)cccc1SCc1cnccn1. The fourth-order valence-electron chi connectivity index (χ4n) is 1.34. The first kappa shape index (κ1) is 11.0. The molecule has 0 aliphatic heterocycles. The third-order valence-electron chi connectivity index (χ3n) is 2.32. The highest BCUT2D eigenvalue weighted by molar-refractivity contribution is 7.98. The maximum absolute atomic E-state index is 5.85. The van der Waals surface area contributed by atoms with Crippen LogP contribution in [-0.4, -0.2) is 9.97 Å². The van der Waals surface area contributed by atoms with Crippen LogP contribution in [0.1, 0.15) is 11.3 Å². The van der Waals surface area contributed by atoms with E-state index in [2.05, 4.69) is 16.0 Å². The lowest BCUT2D eigenvalue weighted by molar-refractivity contribution is 1.10. The Morgan fingerprint density at radius 2 is 2.19 bits per heavy atom. The minimum Gasteiger partial charge on any atom is -0.398 e. The summed E-state index contributed by atoms with van der Waals surface area (Å²) in [5, 5.41) is 0. The van der Waals surface area contributed by atoms with Gasteiger partial charge in [0.25, 0.3) is 0 Å². The largest absolute Gasteiger partial charge is 0.398 e. The van der Waals surface area contributed by atoms with E-state index in [9.17, 15) is 0 Å². The molecule has 0 fully saturated rings. The van der Waals surface area contributed by atoms with E-state index < -0.39 is 0 Å². The minimum atomic E-state index is 0.818. The van der Waals surface area contributed by atoms with Crippen LogP contribution in [0.5, 0.6) is 0 Å². The molecule has 2 rings (SSSR count). The Kier molecular flexibility index (Phi) is 3.41. The van der Waals surface area contributed by atoms with Crippen molar-refractivity contribution >= 4 is 17.4 Å². The molecule has 0 aliphatic rings. The fraction of sp³-hybridized carbons (Fsp3) is 0.167. The molecule has 2 N–H and O–H groups in total. The van der Waals surface area contributed by atoms with Crippen LogP contribution in [0.2, 0.25) is 0 Å². The van der Waals surface area contributed by atoms with Crippen LogP contribution in [0.15, 0.2) is 41.7 Å². The van der Waals surface area contributed by atoms with Gasteiger partial charge in [-0.15, -0.1) is 11.8 Å². The summed E-state index contributed by atoms with van der Waals surface area (Å²) in [6.45, 7) is 2.04. The predicted molar refractivity (Wildman–Crippen MR) is 67.2 cm³/mol. The second kappa shape index (κ2) is 4.99. The monoisotopic (exact) mass is 231 g/mol. The van der Waals surface area contributed by atoms with Gasteiger partial charge in [0.05, 0.1) is 5.69 Å². The van der Waals surface area contributed by atoms with Crippen molar-refractivity contribution in [2.75, 3.05) is 5.73 Å². The fourth-order valence-corrected chi connectivity index (χ4v) is 2.31. The summed E-state index contributed by atoms with van der Waals surface area (Å²) in [6, 6.07) is 5.97. The van der Waals surface area contributed by atoms with E-state index in [-0.39, 0.29) is 0 Å². The molecule has 4 heteroatoms. The van der Waals surface area contributed by atoms with Gasteiger partial charge in [0.1, 0.15) is 0 Å². The first-order chi connectivity index (χ1) is 7.77. The number of hydrogen-bond acceptors (Lipinski definition) is 4. The number of nitrogens with zero attached hydrogens (tertiary/aromatic N) is 2. The van der Waals surface area contributed by atoms with Gasteiger partial charge >= 0.3 is 0 Å². The van der Waals surface area contributed by atoms with Crippen LogP contribution in [0.25, 0.3) is 0 Å². The van der Waals surface area contributed by atoms with Crippen LogP contribution >= 0.6 is 11.8 Å². The molecule has 2 aromatic rings. The van der Waals surface area contributed by atoms with Crippen LogP contribution < -0.4 is 5.73 Å². The first-order valence-electron chi connectivity index (χ1n) is 5.00. The maximum Gasteiger partial charge on any atom is 0.0689 e.